The normalized spacial score (nSPS) is 14.8. The SMILES string of the molecule is CC(C)(CN)C(F)c1cccc(C(F)(F)F)c1. The highest BCUT2D eigenvalue weighted by molar-refractivity contribution is 5.28. The maximum Gasteiger partial charge on any atom is 0.416 e. The van der Waals surface area contributed by atoms with Crippen molar-refractivity contribution in [2.45, 2.75) is 26.2 Å². The summed E-state index contributed by atoms with van der Waals surface area (Å²) in [4.78, 5) is 0. The molecule has 1 nitrogen and oxygen atoms in total. The van der Waals surface area contributed by atoms with E-state index in [1.54, 1.807) is 13.8 Å². The summed E-state index contributed by atoms with van der Waals surface area (Å²) >= 11 is 0. The van der Waals surface area contributed by atoms with Gasteiger partial charge in [-0.25, -0.2) is 4.39 Å². The summed E-state index contributed by atoms with van der Waals surface area (Å²) in [5.41, 5.74) is 3.69. The Morgan fingerprint density at radius 3 is 2.29 bits per heavy atom. The molecule has 0 radical (unpaired) electrons. The molecule has 0 bridgehead atoms. The van der Waals surface area contributed by atoms with Crippen LogP contribution < -0.4 is 5.73 Å². The monoisotopic (exact) mass is 249 g/mol. The first-order valence-electron chi connectivity index (χ1n) is 5.20. The van der Waals surface area contributed by atoms with E-state index in [2.05, 4.69) is 0 Å². The zero-order valence-electron chi connectivity index (χ0n) is 9.68. The van der Waals surface area contributed by atoms with E-state index in [-0.39, 0.29) is 12.1 Å². The van der Waals surface area contributed by atoms with Crippen LogP contribution in [0.5, 0.6) is 0 Å². The van der Waals surface area contributed by atoms with E-state index in [0.717, 1.165) is 12.1 Å². The van der Waals surface area contributed by atoms with Gasteiger partial charge < -0.3 is 5.73 Å². The largest absolute Gasteiger partial charge is 0.416 e. The minimum atomic E-state index is -4.46. The highest BCUT2D eigenvalue weighted by Crippen LogP contribution is 2.38. The Morgan fingerprint density at radius 1 is 1.24 bits per heavy atom. The molecule has 96 valence electrons. The van der Waals surface area contributed by atoms with Gasteiger partial charge in [0.05, 0.1) is 5.56 Å². The van der Waals surface area contributed by atoms with E-state index in [9.17, 15) is 17.6 Å². The molecule has 1 rings (SSSR count). The van der Waals surface area contributed by atoms with Gasteiger partial charge in [-0.15, -0.1) is 0 Å². The Balaban J connectivity index is 3.08. The second kappa shape index (κ2) is 4.64. The quantitative estimate of drug-likeness (QED) is 0.812. The lowest BCUT2D eigenvalue weighted by Crippen LogP contribution is -2.28. The van der Waals surface area contributed by atoms with E-state index in [0.29, 0.717) is 0 Å². The zero-order valence-corrected chi connectivity index (χ0v) is 9.68. The molecule has 0 heterocycles. The smallest absolute Gasteiger partial charge is 0.330 e. The van der Waals surface area contributed by atoms with E-state index < -0.39 is 23.3 Å². The van der Waals surface area contributed by atoms with Crippen LogP contribution in [0.3, 0.4) is 0 Å². The summed E-state index contributed by atoms with van der Waals surface area (Å²) in [6.45, 7) is 3.22. The lowest BCUT2D eigenvalue weighted by molar-refractivity contribution is -0.137. The molecule has 0 aliphatic heterocycles. The van der Waals surface area contributed by atoms with Crippen molar-refractivity contribution in [1.29, 1.82) is 0 Å². The number of alkyl halides is 4. The van der Waals surface area contributed by atoms with Gasteiger partial charge in [-0.1, -0.05) is 26.0 Å². The van der Waals surface area contributed by atoms with Crippen LogP contribution in [0.1, 0.15) is 31.1 Å². The molecule has 0 aliphatic rings. The average molecular weight is 249 g/mol. The van der Waals surface area contributed by atoms with Gasteiger partial charge >= 0.3 is 6.18 Å². The zero-order chi connectivity index (χ0) is 13.3. The molecular weight excluding hydrogens is 234 g/mol. The minimum absolute atomic E-state index is 0.00951. The molecule has 1 aromatic rings. The van der Waals surface area contributed by atoms with Gasteiger partial charge in [-0.3, -0.25) is 0 Å². The third kappa shape index (κ3) is 3.19. The molecule has 17 heavy (non-hydrogen) atoms. The summed E-state index contributed by atoms with van der Waals surface area (Å²) in [6.07, 6.45) is -5.97. The Kier molecular flexibility index (Phi) is 3.81. The Labute approximate surface area is 97.6 Å². The number of hydrogen-bond acceptors (Lipinski definition) is 1. The second-order valence-electron chi connectivity index (χ2n) is 4.68. The van der Waals surface area contributed by atoms with Crippen molar-refractivity contribution >= 4 is 0 Å². The van der Waals surface area contributed by atoms with E-state index >= 15 is 0 Å². The number of nitrogens with two attached hydrogens (primary N) is 1. The molecule has 1 atom stereocenters. The molecule has 0 spiro atoms. The third-order valence-corrected chi connectivity index (χ3v) is 2.72. The summed E-state index contributed by atoms with van der Waals surface area (Å²) in [6, 6.07) is 4.31. The van der Waals surface area contributed by atoms with E-state index in [1.807, 2.05) is 0 Å². The van der Waals surface area contributed by atoms with Gasteiger partial charge in [0, 0.05) is 12.0 Å². The number of rotatable bonds is 3. The average Bonchev–Trinajstić information content (AvgIpc) is 2.27. The number of benzene rings is 1. The maximum atomic E-state index is 14.0. The van der Waals surface area contributed by atoms with Crippen LogP contribution >= 0.6 is 0 Å². The van der Waals surface area contributed by atoms with Gasteiger partial charge in [0.2, 0.25) is 0 Å². The summed E-state index contributed by atoms with van der Waals surface area (Å²) in [7, 11) is 0. The molecule has 0 amide bonds. The summed E-state index contributed by atoms with van der Waals surface area (Å²) < 4.78 is 51.4. The molecule has 0 aliphatic carbocycles. The van der Waals surface area contributed by atoms with Gasteiger partial charge in [0.15, 0.2) is 0 Å². The van der Waals surface area contributed by atoms with E-state index in [4.69, 9.17) is 5.73 Å². The summed E-state index contributed by atoms with van der Waals surface area (Å²) in [5, 5.41) is 0. The van der Waals surface area contributed by atoms with Crippen LogP contribution in [-0.2, 0) is 6.18 Å². The van der Waals surface area contributed by atoms with Crippen molar-refractivity contribution in [3.8, 4) is 0 Å². The van der Waals surface area contributed by atoms with Crippen LogP contribution in [0, 0.1) is 5.41 Å². The first kappa shape index (κ1) is 14.0. The predicted molar refractivity (Wildman–Crippen MR) is 58.1 cm³/mol. The fraction of sp³-hybridized carbons (Fsp3) is 0.500. The first-order chi connectivity index (χ1) is 7.68. The van der Waals surface area contributed by atoms with Crippen molar-refractivity contribution in [3.05, 3.63) is 35.4 Å². The lowest BCUT2D eigenvalue weighted by atomic mass is 9.83. The van der Waals surface area contributed by atoms with Crippen molar-refractivity contribution in [2.75, 3.05) is 6.54 Å². The van der Waals surface area contributed by atoms with Gasteiger partial charge in [-0.2, -0.15) is 13.2 Å². The highest BCUT2D eigenvalue weighted by Gasteiger charge is 2.34. The molecule has 1 unspecified atom stereocenters. The number of halogens is 4. The Morgan fingerprint density at radius 2 is 1.82 bits per heavy atom. The minimum Gasteiger partial charge on any atom is -0.330 e. The molecule has 0 saturated carbocycles. The van der Waals surface area contributed by atoms with Crippen LogP contribution in [0.2, 0.25) is 0 Å². The molecule has 2 N–H and O–H groups in total. The van der Waals surface area contributed by atoms with Gasteiger partial charge in [0.1, 0.15) is 6.17 Å². The Bertz CT molecular complexity index is 384. The van der Waals surface area contributed by atoms with Crippen LogP contribution in [0.15, 0.2) is 24.3 Å². The maximum absolute atomic E-state index is 14.0. The topological polar surface area (TPSA) is 26.0 Å². The Hall–Kier alpha value is -1.10. The van der Waals surface area contributed by atoms with Crippen molar-refractivity contribution in [2.24, 2.45) is 11.1 Å². The fourth-order valence-corrected chi connectivity index (χ4v) is 1.43. The van der Waals surface area contributed by atoms with Crippen LogP contribution in [0.25, 0.3) is 0 Å². The standard InChI is InChI=1S/C12H15F4N/c1-11(2,7-17)10(13)8-4-3-5-9(6-8)12(14,15)16/h3-6,10H,7,17H2,1-2H3. The molecule has 0 aromatic heterocycles. The lowest BCUT2D eigenvalue weighted by Gasteiger charge is -2.27. The molecular formula is C12H15F4N. The van der Waals surface area contributed by atoms with Gasteiger partial charge in [-0.05, 0) is 17.7 Å². The second-order valence-corrected chi connectivity index (χ2v) is 4.68. The van der Waals surface area contributed by atoms with Gasteiger partial charge in [0.25, 0.3) is 0 Å². The van der Waals surface area contributed by atoms with Crippen molar-refractivity contribution < 1.29 is 17.6 Å². The summed E-state index contributed by atoms with van der Waals surface area (Å²) in [5.74, 6) is 0. The van der Waals surface area contributed by atoms with Crippen LogP contribution in [0.4, 0.5) is 17.6 Å². The molecule has 1 aromatic carbocycles. The van der Waals surface area contributed by atoms with Crippen LogP contribution in [-0.4, -0.2) is 6.54 Å². The molecule has 0 saturated heterocycles. The van der Waals surface area contributed by atoms with E-state index in [1.165, 1.54) is 12.1 Å². The number of hydrogen-bond donors (Lipinski definition) is 1. The third-order valence-electron chi connectivity index (χ3n) is 2.72. The fourth-order valence-electron chi connectivity index (χ4n) is 1.43. The first-order valence-corrected chi connectivity index (χ1v) is 5.20. The predicted octanol–water partition coefficient (Wildman–Crippen LogP) is 3.70. The highest BCUT2D eigenvalue weighted by atomic mass is 19.4. The van der Waals surface area contributed by atoms with Crippen molar-refractivity contribution in [3.63, 3.8) is 0 Å². The molecule has 0 fully saturated rings. The molecule has 5 heteroatoms. The van der Waals surface area contributed by atoms with Crippen molar-refractivity contribution in [1.82, 2.24) is 0 Å².